The minimum Gasteiger partial charge on any atom is -1.00 e. The molecule has 0 saturated carbocycles. The predicted octanol–water partition coefficient (Wildman–Crippen LogP) is 0.280. The van der Waals surface area contributed by atoms with E-state index in [0.717, 1.165) is 22.4 Å². The topological polar surface area (TPSA) is 199 Å². The molecule has 0 aliphatic heterocycles. The molecule has 0 atom stereocenters. The van der Waals surface area contributed by atoms with Gasteiger partial charge in [-0.2, -0.15) is 19.9 Å². The smallest absolute Gasteiger partial charge is 1.00 e. The SMILES string of the molecule is CC(C)CN(CO)c1nc(NCc2cccc(O)c2)c2ncn(C(C)C)c2n1.CC(C)CN(CO)c1nc(NCc2cccc(O)c2)c2ncn(C(C)C)c2n1.[Cl-].[Cl-].[Pd+2]. The van der Waals surface area contributed by atoms with Crippen molar-refractivity contribution in [2.24, 2.45) is 11.8 Å². The van der Waals surface area contributed by atoms with Gasteiger partial charge < -0.3 is 74.8 Å². The van der Waals surface area contributed by atoms with Gasteiger partial charge in [-0.1, -0.05) is 52.0 Å². The van der Waals surface area contributed by atoms with Crippen LogP contribution in [0.4, 0.5) is 23.5 Å². The number of benzene rings is 2. The van der Waals surface area contributed by atoms with Crippen LogP contribution in [0.3, 0.4) is 0 Å². The number of anilines is 4. The summed E-state index contributed by atoms with van der Waals surface area (Å²) in [5.41, 5.74) is 4.66. The molecule has 2 aromatic carbocycles. The normalized spacial score (nSPS) is 10.9. The van der Waals surface area contributed by atoms with Crippen molar-refractivity contribution >= 4 is 45.9 Å². The van der Waals surface area contributed by atoms with E-state index >= 15 is 0 Å². The maximum atomic E-state index is 9.83. The molecule has 0 amide bonds. The van der Waals surface area contributed by atoms with Gasteiger partial charge in [0.2, 0.25) is 11.9 Å². The Balaban J connectivity index is 0.000000387. The van der Waals surface area contributed by atoms with E-state index in [4.69, 9.17) is 0 Å². The zero-order chi connectivity index (χ0) is 40.5. The van der Waals surface area contributed by atoms with Gasteiger partial charge in [0.05, 0.1) is 12.7 Å². The Morgan fingerprint density at radius 2 is 0.966 bits per heavy atom. The summed E-state index contributed by atoms with van der Waals surface area (Å²) in [6, 6.07) is 14.5. The number of hydrogen-bond acceptors (Lipinski definition) is 14. The van der Waals surface area contributed by atoms with Gasteiger partial charge in [0, 0.05) is 38.3 Å². The maximum Gasteiger partial charge on any atom is 2.00 e. The van der Waals surface area contributed by atoms with E-state index in [2.05, 4.69) is 95.9 Å². The third-order valence-corrected chi connectivity index (χ3v) is 8.75. The molecule has 0 aliphatic carbocycles. The summed E-state index contributed by atoms with van der Waals surface area (Å²) in [7, 11) is 0. The number of halogens is 2. The Hall–Kier alpha value is -4.50. The molecule has 0 radical (unpaired) electrons. The number of aromatic nitrogens is 8. The standard InChI is InChI=1S/2C20H28N6O2.2ClH.Pd/c2*1-13(2)10-25(12-27)20-23-18(21-9-15-6-5-7-16(28)8-15)17-19(24-20)26(11-22-17)14(3)4;;;/h2*5-8,11,13-14,27-28H,9-10,12H2,1-4H3,(H,21,23,24);2*1H;/q;;;;+2/p-2. The first-order valence-corrected chi connectivity index (χ1v) is 19.0. The van der Waals surface area contributed by atoms with Gasteiger partial charge in [-0.3, -0.25) is 0 Å². The summed E-state index contributed by atoms with van der Waals surface area (Å²) in [5, 5.41) is 45.6. The molecule has 324 valence electrons. The zero-order valence-corrected chi connectivity index (χ0v) is 37.7. The van der Waals surface area contributed by atoms with Gasteiger partial charge in [-0.15, -0.1) is 0 Å². The van der Waals surface area contributed by atoms with Gasteiger partial charge in [-0.25, -0.2) is 9.97 Å². The minimum absolute atomic E-state index is 0. The van der Waals surface area contributed by atoms with Crippen molar-refractivity contribution in [3.8, 4) is 11.5 Å². The van der Waals surface area contributed by atoms with Crippen LogP contribution in [0.25, 0.3) is 22.3 Å². The molecule has 0 unspecified atom stereocenters. The molecule has 0 aliphatic rings. The fraction of sp³-hybridized carbons (Fsp3) is 0.450. The molecular weight excluding hydrogens is 890 g/mol. The van der Waals surface area contributed by atoms with E-state index in [9.17, 15) is 20.4 Å². The van der Waals surface area contributed by atoms with Crippen molar-refractivity contribution < 1.29 is 65.7 Å². The molecule has 59 heavy (non-hydrogen) atoms. The Morgan fingerprint density at radius 1 is 0.593 bits per heavy atom. The number of phenolic OH excluding ortho intramolecular Hbond substituents is 2. The number of aromatic hydroxyl groups is 2. The number of nitrogens with one attached hydrogen (secondary N) is 2. The van der Waals surface area contributed by atoms with Crippen molar-refractivity contribution in [1.29, 1.82) is 0 Å². The third kappa shape index (κ3) is 13.2. The Bertz CT molecular complexity index is 2050. The van der Waals surface area contributed by atoms with Gasteiger partial charge in [-0.05, 0) is 74.9 Å². The number of imidazole rings is 2. The van der Waals surface area contributed by atoms with Gasteiger partial charge in [0.1, 0.15) is 25.0 Å². The second kappa shape index (κ2) is 23.3. The van der Waals surface area contributed by atoms with E-state index in [0.29, 0.717) is 72.6 Å². The molecule has 6 rings (SSSR count). The van der Waals surface area contributed by atoms with Gasteiger partial charge in [0.25, 0.3) is 0 Å². The Labute approximate surface area is 372 Å². The zero-order valence-electron chi connectivity index (χ0n) is 34.7. The minimum atomic E-state index is -0.161. The number of nitrogens with zero attached hydrogens (tertiary/aromatic N) is 10. The summed E-state index contributed by atoms with van der Waals surface area (Å²) in [6.07, 6.45) is 3.53. The number of hydrogen-bond donors (Lipinski definition) is 6. The van der Waals surface area contributed by atoms with E-state index in [1.54, 1.807) is 58.9 Å². The second-order valence-corrected chi connectivity index (χ2v) is 15.1. The van der Waals surface area contributed by atoms with Crippen LogP contribution in [0, 0.1) is 11.8 Å². The van der Waals surface area contributed by atoms with Gasteiger partial charge >= 0.3 is 20.4 Å². The average molecular weight is 946 g/mol. The van der Waals surface area contributed by atoms with Crippen LogP contribution in [0.2, 0.25) is 0 Å². The third-order valence-electron chi connectivity index (χ3n) is 8.75. The fourth-order valence-electron chi connectivity index (χ4n) is 6.09. The second-order valence-electron chi connectivity index (χ2n) is 15.1. The first-order valence-electron chi connectivity index (χ1n) is 19.0. The van der Waals surface area contributed by atoms with Crippen LogP contribution in [0.5, 0.6) is 11.5 Å². The molecule has 4 aromatic heterocycles. The van der Waals surface area contributed by atoms with E-state index in [-0.39, 0.29) is 82.3 Å². The van der Waals surface area contributed by atoms with Crippen LogP contribution in [0.15, 0.2) is 61.2 Å². The molecule has 0 bridgehead atoms. The molecule has 0 fully saturated rings. The summed E-state index contributed by atoms with van der Waals surface area (Å²) >= 11 is 0. The van der Waals surface area contributed by atoms with Crippen LogP contribution >= 0.6 is 0 Å². The number of fused-ring (bicyclic) bond motifs is 2. The average Bonchev–Trinajstić information content (AvgIpc) is 3.79. The van der Waals surface area contributed by atoms with E-state index < -0.39 is 0 Å². The molecule has 6 aromatic rings. The van der Waals surface area contributed by atoms with Crippen molar-refractivity contribution in [1.82, 2.24) is 39.0 Å². The number of aliphatic hydroxyl groups excluding tert-OH is 2. The largest absolute Gasteiger partial charge is 2.00 e. The van der Waals surface area contributed by atoms with E-state index in [1.807, 2.05) is 21.3 Å². The van der Waals surface area contributed by atoms with Crippen molar-refractivity contribution in [2.45, 2.75) is 80.6 Å². The molecular formula is C40H56Cl2N12O4Pd. The Morgan fingerprint density at radius 3 is 1.27 bits per heavy atom. The fourth-order valence-corrected chi connectivity index (χ4v) is 6.09. The molecule has 0 spiro atoms. The summed E-state index contributed by atoms with van der Waals surface area (Å²) in [4.78, 5) is 31.2. The van der Waals surface area contributed by atoms with Crippen LogP contribution < -0.4 is 45.2 Å². The van der Waals surface area contributed by atoms with Gasteiger partial charge in [0.15, 0.2) is 34.0 Å². The summed E-state index contributed by atoms with van der Waals surface area (Å²) in [5.74, 6) is 3.28. The van der Waals surface area contributed by atoms with Crippen LogP contribution in [0.1, 0.15) is 78.6 Å². The molecule has 19 heteroatoms. The molecule has 6 N–H and O–H groups in total. The predicted molar refractivity (Wildman–Crippen MR) is 221 cm³/mol. The quantitative estimate of drug-likeness (QED) is 0.0572. The van der Waals surface area contributed by atoms with Crippen LogP contribution in [-0.4, -0.2) is 86.0 Å². The summed E-state index contributed by atoms with van der Waals surface area (Å²) < 4.78 is 3.98. The van der Waals surface area contributed by atoms with Crippen LogP contribution in [-0.2, 0) is 33.5 Å². The number of aliphatic hydroxyl groups is 2. The van der Waals surface area contributed by atoms with Crippen molar-refractivity contribution in [3.63, 3.8) is 0 Å². The first kappa shape index (κ1) is 50.6. The number of rotatable bonds is 16. The first-order chi connectivity index (χ1) is 26.8. The van der Waals surface area contributed by atoms with Crippen molar-refractivity contribution in [3.05, 3.63) is 72.3 Å². The molecule has 16 nitrogen and oxygen atoms in total. The van der Waals surface area contributed by atoms with Crippen molar-refractivity contribution in [2.75, 3.05) is 47.0 Å². The Kier molecular flexibility index (Phi) is 20.0. The van der Waals surface area contributed by atoms with E-state index in [1.165, 1.54) is 0 Å². The summed E-state index contributed by atoms with van der Waals surface area (Å²) in [6.45, 7) is 18.5. The maximum absolute atomic E-state index is 9.83. The number of phenols is 2. The molecule has 0 saturated heterocycles. The molecule has 4 heterocycles. The monoisotopic (exact) mass is 944 g/mol.